The molecule has 3 rings (SSSR count). The number of nitrogens with zero attached hydrogens (tertiary/aromatic N) is 4. The van der Waals surface area contributed by atoms with Crippen LogP contribution >= 0.6 is 0 Å². The minimum atomic E-state index is -4.65. The predicted octanol–water partition coefficient (Wildman–Crippen LogP) is 2.96. The molecule has 0 aliphatic rings. The minimum absolute atomic E-state index is 0.0457. The van der Waals surface area contributed by atoms with Crippen LogP contribution in [0.15, 0.2) is 35.5 Å². The largest absolute Gasteiger partial charge is 0.479 e. The Morgan fingerprint density at radius 1 is 1.23 bits per heavy atom. The first-order valence-electron chi connectivity index (χ1n) is 8.68. The Kier molecular flexibility index (Phi) is 5.31. The molecule has 0 atom stereocenters. The summed E-state index contributed by atoms with van der Waals surface area (Å²) in [6.45, 7) is 4.43. The number of halogens is 3. The van der Waals surface area contributed by atoms with Gasteiger partial charge in [-0.3, -0.25) is 4.79 Å². The summed E-state index contributed by atoms with van der Waals surface area (Å²) in [6.07, 6.45) is -1.63. The normalized spacial score (nSPS) is 12.9. The van der Waals surface area contributed by atoms with Crippen LogP contribution in [0.1, 0.15) is 26.5 Å². The Hall–Kier alpha value is -3.02. The molecule has 3 aromatic rings. The van der Waals surface area contributed by atoms with Crippen molar-refractivity contribution >= 4 is 21.8 Å². The standard InChI is InChI=1S/C18H17F3N4O4S/c1-4-30(27,28)13-7-11(29-17(2,3)10-26)9-22-16(13)12-5-6-25-15(23-12)8-14(24-25)18(19,20)21/h5-10H,4H2,1-3H3. The first-order chi connectivity index (χ1) is 13.9. The summed E-state index contributed by atoms with van der Waals surface area (Å²) in [4.78, 5) is 19.1. The van der Waals surface area contributed by atoms with Gasteiger partial charge in [0.1, 0.15) is 11.4 Å². The summed E-state index contributed by atoms with van der Waals surface area (Å²) in [5.41, 5.74) is -2.46. The molecule has 3 aromatic heterocycles. The molecule has 0 saturated carbocycles. The number of carbonyl (C=O) groups is 1. The van der Waals surface area contributed by atoms with Crippen molar-refractivity contribution < 1.29 is 31.1 Å². The highest BCUT2D eigenvalue weighted by Crippen LogP contribution is 2.31. The average Bonchev–Trinajstić information content (AvgIpc) is 3.11. The van der Waals surface area contributed by atoms with E-state index in [2.05, 4.69) is 15.1 Å². The molecule has 0 unspecified atom stereocenters. The third-order valence-electron chi connectivity index (χ3n) is 4.07. The lowest BCUT2D eigenvalue weighted by molar-refractivity contribution is -0.141. The number of carbonyl (C=O) groups excluding carboxylic acids is 1. The van der Waals surface area contributed by atoms with E-state index < -0.39 is 27.3 Å². The van der Waals surface area contributed by atoms with E-state index in [-0.39, 0.29) is 33.4 Å². The van der Waals surface area contributed by atoms with E-state index in [0.717, 1.165) is 10.6 Å². The van der Waals surface area contributed by atoms with Gasteiger partial charge in [-0.25, -0.2) is 22.9 Å². The SMILES string of the molecule is CCS(=O)(=O)c1cc(OC(C)(C)C=O)cnc1-c1ccn2nc(C(F)(F)F)cc2n1. The van der Waals surface area contributed by atoms with Crippen molar-refractivity contribution in [3.63, 3.8) is 0 Å². The number of aromatic nitrogens is 4. The van der Waals surface area contributed by atoms with Crippen LogP contribution in [0, 0.1) is 0 Å². The fourth-order valence-corrected chi connectivity index (χ4v) is 3.60. The van der Waals surface area contributed by atoms with E-state index in [1.807, 2.05) is 0 Å². The summed E-state index contributed by atoms with van der Waals surface area (Å²) in [6, 6.07) is 3.28. The Balaban J connectivity index is 2.15. The van der Waals surface area contributed by atoms with Crippen LogP contribution in [0.5, 0.6) is 5.75 Å². The van der Waals surface area contributed by atoms with Crippen molar-refractivity contribution in [2.24, 2.45) is 0 Å². The van der Waals surface area contributed by atoms with Gasteiger partial charge in [-0.1, -0.05) is 6.92 Å². The van der Waals surface area contributed by atoms with Gasteiger partial charge in [-0.15, -0.1) is 0 Å². The number of hydrogen-bond acceptors (Lipinski definition) is 7. The highest BCUT2D eigenvalue weighted by molar-refractivity contribution is 7.91. The Bertz CT molecular complexity index is 1220. The van der Waals surface area contributed by atoms with Crippen LogP contribution in [-0.4, -0.2) is 45.6 Å². The van der Waals surface area contributed by atoms with Gasteiger partial charge >= 0.3 is 6.18 Å². The fraction of sp³-hybridized carbons (Fsp3) is 0.333. The van der Waals surface area contributed by atoms with E-state index in [9.17, 15) is 26.4 Å². The molecule has 0 radical (unpaired) electrons. The third-order valence-corrected chi connectivity index (χ3v) is 5.81. The Morgan fingerprint density at radius 3 is 2.53 bits per heavy atom. The van der Waals surface area contributed by atoms with Crippen LogP contribution in [0.25, 0.3) is 17.0 Å². The molecule has 0 saturated heterocycles. The zero-order valence-electron chi connectivity index (χ0n) is 16.1. The number of hydrogen-bond donors (Lipinski definition) is 0. The van der Waals surface area contributed by atoms with E-state index in [4.69, 9.17) is 4.74 Å². The van der Waals surface area contributed by atoms with Gasteiger partial charge in [-0.05, 0) is 19.9 Å². The monoisotopic (exact) mass is 442 g/mol. The molecule has 0 amide bonds. The van der Waals surface area contributed by atoms with Gasteiger partial charge in [0.2, 0.25) is 0 Å². The number of alkyl halides is 3. The number of fused-ring (bicyclic) bond motifs is 1. The van der Waals surface area contributed by atoms with Crippen LogP contribution in [0.4, 0.5) is 13.2 Å². The predicted molar refractivity (Wildman–Crippen MR) is 99.7 cm³/mol. The second-order valence-corrected chi connectivity index (χ2v) is 9.13. The molecule has 0 aromatic carbocycles. The van der Waals surface area contributed by atoms with Crippen molar-refractivity contribution in [1.29, 1.82) is 0 Å². The Morgan fingerprint density at radius 2 is 1.93 bits per heavy atom. The topological polar surface area (TPSA) is 104 Å². The molecule has 0 spiro atoms. The fourth-order valence-electron chi connectivity index (χ4n) is 2.55. The third kappa shape index (κ3) is 4.27. The lowest BCUT2D eigenvalue weighted by Gasteiger charge is -2.20. The highest BCUT2D eigenvalue weighted by Gasteiger charge is 2.34. The van der Waals surface area contributed by atoms with Crippen LogP contribution in [0.3, 0.4) is 0 Å². The number of sulfone groups is 1. The zero-order valence-corrected chi connectivity index (χ0v) is 17.0. The molecular weight excluding hydrogens is 425 g/mol. The maximum atomic E-state index is 12.9. The quantitative estimate of drug-likeness (QED) is 0.541. The van der Waals surface area contributed by atoms with Gasteiger partial charge < -0.3 is 4.74 Å². The van der Waals surface area contributed by atoms with Gasteiger partial charge in [0.15, 0.2) is 33.1 Å². The van der Waals surface area contributed by atoms with Crippen molar-refractivity contribution in [3.8, 4) is 17.1 Å². The molecule has 12 heteroatoms. The zero-order chi connectivity index (χ0) is 22.3. The average molecular weight is 442 g/mol. The summed E-state index contributed by atoms with van der Waals surface area (Å²) >= 11 is 0. The molecule has 30 heavy (non-hydrogen) atoms. The maximum absolute atomic E-state index is 12.9. The van der Waals surface area contributed by atoms with Crippen LogP contribution in [-0.2, 0) is 20.8 Å². The van der Waals surface area contributed by atoms with Gasteiger partial charge in [-0.2, -0.15) is 18.3 Å². The smallest absolute Gasteiger partial charge is 0.435 e. The molecule has 0 N–H and O–H groups in total. The molecule has 160 valence electrons. The number of ether oxygens (including phenoxy) is 1. The van der Waals surface area contributed by atoms with Crippen LogP contribution < -0.4 is 4.74 Å². The van der Waals surface area contributed by atoms with E-state index in [0.29, 0.717) is 6.29 Å². The first-order valence-corrected chi connectivity index (χ1v) is 10.3. The van der Waals surface area contributed by atoms with Gasteiger partial charge in [0, 0.05) is 18.3 Å². The summed E-state index contributed by atoms with van der Waals surface area (Å²) in [5.74, 6) is -0.206. The molecular formula is C18H17F3N4O4S. The first kappa shape index (κ1) is 21.7. The molecule has 0 aliphatic heterocycles. The van der Waals surface area contributed by atoms with E-state index in [1.54, 1.807) is 0 Å². The summed E-state index contributed by atoms with van der Waals surface area (Å²) < 4.78 is 70.3. The number of rotatable bonds is 6. The number of aldehydes is 1. The second-order valence-electron chi connectivity index (χ2n) is 6.89. The molecule has 0 bridgehead atoms. The maximum Gasteiger partial charge on any atom is 0.435 e. The van der Waals surface area contributed by atoms with Crippen molar-refractivity contribution in [2.75, 3.05) is 5.75 Å². The van der Waals surface area contributed by atoms with E-state index >= 15 is 0 Å². The Labute approximate surface area is 169 Å². The summed E-state index contributed by atoms with van der Waals surface area (Å²) in [5, 5.41) is 3.41. The molecule has 8 nitrogen and oxygen atoms in total. The van der Waals surface area contributed by atoms with Crippen molar-refractivity contribution in [3.05, 3.63) is 36.3 Å². The number of pyridine rings is 1. The van der Waals surface area contributed by atoms with Gasteiger partial charge in [0.05, 0.1) is 22.5 Å². The van der Waals surface area contributed by atoms with Crippen molar-refractivity contribution in [2.45, 2.75) is 37.4 Å². The van der Waals surface area contributed by atoms with Crippen molar-refractivity contribution in [1.82, 2.24) is 19.6 Å². The second kappa shape index (κ2) is 7.35. The summed E-state index contributed by atoms with van der Waals surface area (Å²) in [7, 11) is -3.81. The van der Waals surface area contributed by atoms with Gasteiger partial charge in [0.25, 0.3) is 0 Å². The highest BCUT2D eigenvalue weighted by atomic mass is 32.2. The molecule has 3 heterocycles. The molecule has 0 aliphatic carbocycles. The van der Waals surface area contributed by atoms with E-state index in [1.165, 1.54) is 45.3 Å². The van der Waals surface area contributed by atoms with Crippen LogP contribution in [0.2, 0.25) is 0 Å². The lowest BCUT2D eigenvalue weighted by atomic mass is 10.2. The minimum Gasteiger partial charge on any atom is -0.479 e. The molecule has 0 fully saturated rings. The lowest BCUT2D eigenvalue weighted by Crippen LogP contribution is -2.29.